The van der Waals surface area contributed by atoms with Crippen LogP contribution < -0.4 is 20.3 Å². The number of methoxy groups -OCH3 is 2. The van der Waals surface area contributed by atoms with Crippen LogP contribution in [0.2, 0.25) is 0 Å². The monoisotopic (exact) mass is 493 g/mol. The number of carbonyl (C=O) groups excluding carboxylic acids is 2. The van der Waals surface area contributed by atoms with Gasteiger partial charge in [0.05, 0.1) is 31.6 Å². The van der Waals surface area contributed by atoms with E-state index < -0.39 is 17.4 Å². The average molecular weight is 494 g/mol. The number of nitrogens with zero attached hydrogens (tertiary/aromatic N) is 2. The Hall–Kier alpha value is -4.18. The number of carbonyl (C=O) groups is 2. The van der Waals surface area contributed by atoms with Crippen LogP contribution in [-0.4, -0.2) is 35.6 Å². The molecule has 0 aliphatic rings. The van der Waals surface area contributed by atoms with Gasteiger partial charge >= 0.3 is 5.97 Å². The second-order valence-electron chi connectivity index (χ2n) is 7.59. The maximum absolute atomic E-state index is 13.1. The van der Waals surface area contributed by atoms with E-state index in [4.69, 9.17) is 14.2 Å². The van der Waals surface area contributed by atoms with Gasteiger partial charge in [0.2, 0.25) is 5.91 Å². The third-order valence-corrected chi connectivity index (χ3v) is 6.49. The Morgan fingerprint density at radius 2 is 1.86 bits per heavy atom. The number of esters is 1. The molecule has 35 heavy (non-hydrogen) atoms. The molecule has 0 aliphatic heterocycles. The predicted octanol–water partition coefficient (Wildman–Crippen LogP) is 3.78. The first-order valence-corrected chi connectivity index (χ1v) is 11.4. The van der Waals surface area contributed by atoms with E-state index in [0.29, 0.717) is 32.5 Å². The second-order valence-corrected chi connectivity index (χ2v) is 8.59. The molecule has 10 heteroatoms. The van der Waals surface area contributed by atoms with Crippen LogP contribution in [0.5, 0.6) is 11.5 Å². The largest absolute Gasteiger partial charge is 0.497 e. The van der Waals surface area contributed by atoms with Crippen LogP contribution in [-0.2, 0) is 22.7 Å². The summed E-state index contributed by atoms with van der Waals surface area (Å²) in [4.78, 5) is 43.5. The molecule has 0 saturated heterocycles. The molecule has 2 aromatic carbocycles. The van der Waals surface area contributed by atoms with Crippen LogP contribution in [0.3, 0.4) is 0 Å². The lowest BCUT2D eigenvalue weighted by Crippen LogP contribution is -2.28. The van der Waals surface area contributed by atoms with Gasteiger partial charge < -0.3 is 19.5 Å². The highest BCUT2D eigenvalue weighted by Gasteiger charge is 2.21. The molecule has 9 nitrogen and oxygen atoms in total. The highest BCUT2D eigenvalue weighted by Crippen LogP contribution is 2.29. The van der Waals surface area contributed by atoms with Crippen molar-refractivity contribution in [3.63, 3.8) is 0 Å². The molecule has 2 heterocycles. The van der Waals surface area contributed by atoms with Crippen molar-refractivity contribution in [3.05, 3.63) is 81.2 Å². The van der Waals surface area contributed by atoms with Gasteiger partial charge in [0.25, 0.3) is 5.56 Å². The number of hydrogen-bond donors (Lipinski definition) is 1. The average Bonchev–Trinajstić information content (AvgIpc) is 3.21. The predicted molar refractivity (Wildman–Crippen MR) is 132 cm³/mol. The summed E-state index contributed by atoms with van der Waals surface area (Å²) in [5.74, 6) is 0.0210. The zero-order valence-corrected chi connectivity index (χ0v) is 20.2. The Labute approximate surface area is 204 Å². The minimum absolute atomic E-state index is 0.124. The summed E-state index contributed by atoms with van der Waals surface area (Å²) in [6.07, 6.45) is 1.29. The van der Waals surface area contributed by atoms with E-state index in [1.807, 2.05) is 30.3 Å². The molecule has 1 amide bonds. The second kappa shape index (κ2) is 10.4. The quantitative estimate of drug-likeness (QED) is 0.372. The first-order chi connectivity index (χ1) is 16.9. The molecule has 0 unspecified atom stereocenters. The smallest absolute Gasteiger partial charge is 0.349 e. The molecule has 4 rings (SSSR count). The number of fused-ring (bicyclic) bond motifs is 1. The summed E-state index contributed by atoms with van der Waals surface area (Å²) in [7, 11) is 3.00. The highest BCUT2D eigenvalue weighted by molar-refractivity contribution is 7.20. The lowest BCUT2D eigenvalue weighted by atomic mass is 10.2. The van der Waals surface area contributed by atoms with Crippen molar-refractivity contribution in [2.24, 2.45) is 0 Å². The zero-order valence-electron chi connectivity index (χ0n) is 19.4. The summed E-state index contributed by atoms with van der Waals surface area (Å²) < 4.78 is 17.1. The van der Waals surface area contributed by atoms with Crippen molar-refractivity contribution in [1.82, 2.24) is 9.55 Å². The van der Waals surface area contributed by atoms with Crippen molar-refractivity contribution in [2.75, 3.05) is 19.5 Å². The van der Waals surface area contributed by atoms with Gasteiger partial charge in [-0.1, -0.05) is 30.3 Å². The van der Waals surface area contributed by atoms with Crippen LogP contribution in [0.15, 0.2) is 59.7 Å². The number of benzene rings is 2. The molecule has 0 bridgehead atoms. The normalized spacial score (nSPS) is 10.7. The number of amides is 1. The fraction of sp³-hybridized carbons (Fsp3) is 0.200. The minimum Gasteiger partial charge on any atom is -0.497 e. The van der Waals surface area contributed by atoms with Crippen molar-refractivity contribution in [1.29, 1.82) is 0 Å². The fourth-order valence-electron chi connectivity index (χ4n) is 3.51. The Morgan fingerprint density at radius 1 is 1.09 bits per heavy atom. The summed E-state index contributed by atoms with van der Waals surface area (Å²) in [5, 5.41) is 3.02. The van der Waals surface area contributed by atoms with Crippen molar-refractivity contribution >= 4 is 39.1 Å². The number of anilines is 1. The Balaban J connectivity index is 1.54. The SMILES string of the molecule is COc1ccc(OC)c(NC(=O)Cn2cnc3sc(C(=O)OCc4ccccc4)c(C)c3c2=O)c1. The van der Waals surface area contributed by atoms with Gasteiger partial charge in [0.15, 0.2) is 0 Å². The summed E-state index contributed by atoms with van der Waals surface area (Å²) in [5.41, 5.74) is 1.33. The van der Waals surface area contributed by atoms with Gasteiger partial charge in [-0.3, -0.25) is 14.2 Å². The van der Waals surface area contributed by atoms with Crippen molar-refractivity contribution in [3.8, 4) is 11.5 Å². The van der Waals surface area contributed by atoms with E-state index in [-0.39, 0.29) is 18.5 Å². The molecule has 0 spiro atoms. The maximum atomic E-state index is 13.1. The first kappa shape index (κ1) is 24.0. The van der Waals surface area contributed by atoms with Crippen molar-refractivity contribution in [2.45, 2.75) is 20.1 Å². The lowest BCUT2D eigenvalue weighted by molar-refractivity contribution is -0.116. The van der Waals surface area contributed by atoms with E-state index in [2.05, 4.69) is 10.3 Å². The van der Waals surface area contributed by atoms with Crippen molar-refractivity contribution < 1.29 is 23.8 Å². The number of aromatic nitrogens is 2. The number of ether oxygens (including phenoxy) is 3. The standard InChI is InChI=1S/C25H23N3O6S/c1-15-21-23(35-22(15)25(31)34-13-16-7-5-4-6-8-16)26-14-28(24(21)30)12-20(29)27-18-11-17(32-2)9-10-19(18)33-3/h4-11,14H,12-13H2,1-3H3,(H,27,29). The van der Waals surface area contributed by atoms with Crippen LogP contribution in [0.4, 0.5) is 5.69 Å². The van der Waals surface area contributed by atoms with E-state index in [1.54, 1.807) is 25.1 Å². The summed E-state index contributed by atoms with van der Waals surface area (Å²) >= 11 is 1.09. The third kappa shape index (κ3) is 5.17. The number of aryl methyl sites for hydroxylation is 1. The summed E-state index contributed by atoms with van der Waals surface area (Å²) in [6.45, 7) is 1.52. The van der Waals surface area contributed by atoms with Gasteiger partial charge in [-0.2, -0.15) is 0 Å². The van der Waals surface area contributed by atoms with E-state index in [1.165, 1.54) is 25.1 Å². The Morgan fingerprint density at radius 3 is 2.57 bits per heavy atom. The molecule has 0 aliphatic carbocycles. The number of nitrogens with one attached hydrogen (secondary N) is 1. The molecular formula is C25H23N3O6S. The maximum Gasteiger partial charge on any atom is 0.349 e. The fourth-order valence-corrected chi connectivity index (χ4v) is 4.54. The Bertz CT molecular complexity index is 1450. The molecule has 0 radical (unpaired) electrons. The zero-order chi connectivity index (χ0) is 24.9. The lowest BCUT2D eigenvalue weighted by Gasteiger charge is -2.12. The molecule has 4 aromatic rings. The summed E-state index contributed by atoms with van der Waals surface area (Å²) in [6, 6.07) is 14.3. The number of rotatable bonds is 8. The molecule has 0 saturated carbocycles. The van der Waals surface area contributed by atoms with Gasteiger partial charge in [0, 0.05) is 6.07 Å². The van der Waals surface area contributed by atoms with Crippen LogP contribution in [0.1, 0.15) is 20.8 Å². The third-order valence-electron chi connectivity index (χ3n) is 5.31. The molecular weight excluding hydrogens is 470 g/mol. The number of hydrogen-bond acceptors (Lipinski definition) is 8. The molecule has 0 fully saturated rings. The topological polar surface area (TPSA) is 109 Å². The van der Waals surface area contributed by atoms with E-state index >= 15 is 0 Å². The first-order valence-electron chi connectivity index (χ1n) is 10.6. The van der Waals surface area contributed by atoms with Gasteiger partial charge in [-0.05, 0) is 30.2 Å². The minimum atomic E-state index is -0.525. The molecule has 180 valence electrons. The molecule has 2 aromatic heterocycles. The Kier molecular flexibility index (Phi) is 7.11. The van der Waals surface area contributed by atoms with E-state index in [0.717, 1.165) is 16.9 Å². The van der Waals surface area contributed by atoms with Gasteiger partial charge in [-0.15, -0.1) is 11.3 Å². The molecule has 1 N–H and O–H groups in total. The van der Waals surface area contributed by atoms with Crippen LogP contribution in [0.25, 0.3) is 10.2 Å². The van der Waals surface area contributed by atoms with Gasteiger partial charge in [-0.25, -0.2) is 9.78 Å². The van der Waals surface area contributed by atoms with Crippen LogP contribution >= 0.6 is 11.3 Å². The number of thiophene rings is 1. The highest BCUT2D eigenvalue weighted by atomic mass is 32.1. The molecule has 0 atom stereocenters. The van der Waals surface area contributed by atoms with Gasteiger partial charge in [0.1, 0.15) is 34.4 Å². The van der Waals surface area contributed by atoms with Crippen LogP contribution in [0, 0.1) is 6.92 Å². The van der Waals surface area contributed by atoms with E-state index in [9.17, 15) is 14.4 Å².